The van der Waals surface area contributed by atoms with Crippen molar-refractivity contribution in [1.29, 1.82) is 0 Å². The standard InChI is InChI=1S/2C19H21FN4O3S.C14H14FN3O2S.ClH/c2*20-14-6-5-13(15(12-14)27-19(26)23-8-3-4-9-23)11-16-17(25)22-18(28-16)24-10-2-1-7-21-24;15-10-4-3-9(11(19)8-10)7-12-13(20)17-14(21-12)18-6-2-1-5-16-18;/h2*5-6,11-12,21H,1-4,7-10H2;3-4,7-8,16,19H,1-2,5-6H2;1H/b2*16-11+;12-7-;. The number of ether oxygens (including phenoxy) is 2. The predicted molar refractivity (Wildman–Crippen MR) is 298 cm³/mol. The molecule has 0 spiro atoms. The van der Waals surface area contributed by atoms with Gasteiger partial charge < -0.3 is 24.4 Å². The molecule has 8 aliphatic heterocycles. The smallest absolute Gasteiger partial charge is 0.415 e. The van der Waals surface area contributed by atoms with Gasteiger partial charge in [0.05, 0.1) is 14.7 Å². The predicted octanol–water partition coefficient (Wildman–Crippen LogP) is 8.51. The Bertz CT molecular complexity index is 2810. The molecule has 0 bridgehead atoms. The lowest BCUT2D eigenvalue weighted by Crippen LogP contribution is -2.45. The summed E-state index contributed by atoms with van der Waals surface area (Å²) >= 11 is 3.77. The van der Waals surface area contributed by atoms with E-state index in [-0.39, 0.29) is 47.4 Å². The average molecular weight is 1150 g/mol. The number of thioether (sulfide) groups is 3. The molecule has 5 fully saturated rings. The van der Waals surface area contributed by atoms with E-state index in [2.05, 4.69) is 31.3 Å². The van der Waals surface area contributed by atoms with Gasteiger partial charge in [-0.1, -0.05) is 0 Å². The molecule has 78 heavy (non-hydrogen) atoms. The summed E-state index contributed by atoms with van der Waals surface area (Å²) in [6.45, 7) is 7.52. The van der Waals surface area contributed by atoms with Crippen LogP contribution in [0.25, 0.3) is 18.2 Å². The molecule has 19 nitrogen and oxygen atoms in total. The van der Waals surface area contributed by atoms with Crippen LogP contribution in [-0.4, -0.2) is 141 Å². The fourth-order valence-electron chi connectivity index (χ4n) is 8.71. The fraction of sp³-hybridized carbons (Fsp3) is 0.385. The number of nitrogens with one attached hydrogen (secondary N) is 3. The minimum atomic E-state index is -0.519. The summed E-state index contributed by atoms with van der Waals surface area (Å²) in [5.74, 6) is -2.58. The summed E-state index contributed by atoms with van der Waals surface area (Å²) in [6, 6.07) is 11.6. The zero-order chi connectivity index (χ0) is 53.8. The number of hydrogen-bond donors (Lipinski definition) is 4. The molecule has 0 aromatic heterocycles. The van der Waals surface area contributed by atoms with Crippen molar-refractivity contribution >= 4 is 111 Å². The van der Waals surface area contributed by atoms with Crippen LogP contribution in [0.2, 0.25) is 0 Å². The third-order valence-electron chi connectivity index (χ3n) is 12.8. The summed E-state index contributed by atoms with van der Waals surface area (Å²) in [6.07, 6.45) is 13.9. The van der Waals surface area contributed by atoms with Crippen LogP contribution in [0.5, 0.6) is 17.2 Å². The molecule has 0 unspecified atom stereocenters. The molecule has 0 atom stereocenters. The molecule has 0 aliphatic carbocycles. The van der Waals surface area contributed by atoms with Gasteiger partial charge in [-0.25, -0.2) is 39.0 Å². The van der Waals surface area contributed by atoms with Crippen molar-refractivity contribution in [2.24, 2.45) is 15.0 Å². The molecule has 5 saturated heterocycles. The number of amidine groups is 3. The molecule has 0 saturated carbocycles. The van der Waals surface area contributed by atoms with E-state index in [1.165, 1.54) is 89.9 Å². The Balaban J connectivity index is 0.000000155. The lowest BCUT2D eigenvalue weighted by atomic mass is 10.2. The van der Waals surface area contributed by atoms with Crippen LogP contribution in [0.3, 0.4) is 0 Å². The maximum atomic E-state index is 13.7. The van der Waals surface area contributed by atoms with Crippen molar-refractivity contribution in [3.63, 3.8) is 0 Å². The molecule has 8 heterocycles. The highest BCUT2D eigenvalue weighted by molar-refractivity contribution is 8.19. The zero-order valence-electron chi connectivity index (χ0n) is 42.2. The van der Waals surface area contributed by atoms with Gasteiger partial charge in [-0.3, -0.25) is 29.4 Å². The number of phenolic OH excluding ortho intramolecular Hbond substituents is 1. The van der Waals surface area contributed by atoms with E-state index in [0.29, 0.717) is 73.1 Å². The normalized spacial score (nSPS) is 21.0. The van der Waals surface area contributed by atoms with E-state index >= 15 is 0 Å². The zero-order valence-corrected chi connectivity index (χ0v) is 45.5. The number of hydrazine groups is 3. The van der Waals surface area contributed by atoms with Crippen LogP contribution in [0.15, 0.2) is 84.3 Å². The third kappa shape index (κ3) is 15.3. The molecular weight excluding hydrogens is 1100 g/mol. The second-order valence-corrected chi connectivity index (χ2v) is 21.5. The first kappa shape index (κ1) is 57.8. The molecule has 8 aliphatic rings. The first-order valence-corrected chi connectivity index (χ1v) is 27.9. The second kappa shape index (κ2) is 27.5. The monoisotopic (exact) mass is 1150 g/mol. The van der Waals surface area contributed by atoms with Crippen molar-refractivity contribution in [3.8, 4) is 17.2 Å². The number of phenols is 1. The van der Waals surface area contributed by atoms with Crippen molar-refractivity contribution in [1.82, 2.24) is 41.1 Å². The molecule has 26 heteroatoms. The molecule has 414 valence electrons. The largest absolute Gasteiger partial charge is 0.507 e. The van der Waals surface area contributed by atoms with Crippen LogP contribution >= 0.6 is 47.7 Å². The summed E-state index contributed by atoms with van der Waals surface area (Å²) in [4.78, 5) is 77.8. The molecule has 11 rings (SSSR count). The van der Waals surface area contributed by atoms with Crippen molar-refractivity contribution < 1.29 is 51.7 Å². The van der Waals surface area contributed by atoms with Crippen LogP contribution in [0.1, 0.15) is 80.9 Å². The average Bonchev–Trinajstić information content (AvgIpc) is 4.32. The Kier molecular flexibility index (Phi) is 20.4. The highest BCUT2D eigenvalue weighted by atomic mass is 35.5. The van der Waals surface area contributed by atoms with E-state index in [1.807, 2.05) is 15.0 Å². The maximum absolute atomic E-state index is 13.7. The van der Waals surface area contributed by atoms with Gasteiger partial charge in [0.15, 0.2) is 15.5 Å². The minimum Gasteiger partial charge on any atom is -0.507 e. The molecular formula is C52H57ClF3N11O8S3. The molecule has 4 N–H and O–H groups in total. The highest BCUT2D eigenvalue weighted by Gasteiger charge is 2.31. The topological polar surface area (TPSA) is 213 Å². The fourth-order valence-corrected chi connectivity index (χ4v) is 11.4. The minimum absolute atomic E-state index is 0. The number of aromatic hydroxyl groups is 1. The molecule has 0 radical (unpaired) electrons. The Morgan fingerprint density at radius 2 is 0.808 bits per heavy atom. The SMILES string of the molecule is Cl.O=C1N=C(N2CCCCN2)S/C1=C/c1ccc(F)cc1OC(=O)N1CCCC1.O=C1N=C(N2CCCCN2)S/C1=C/c1ccc(F)cc1OC(=O)N1CCCC1.O=C1N=C(N2CCCCN2)S/C1=C\c1ccc(F)cc1O. The Labute approximate surface area is 467 Å². The van der Waals surface area contributed by atoms with E-state index in [1.54, 1.807) is 22.0 Å². The van der Waals surface area contributed by atoms with E-state index < -0.39 is 29.6 Å². The van der Waals surface area contributed by atoms with E-state index in [9.17, 15) is 42.3 Å². The van der Waals surface area contributed by atoms with Gasteiger partial charge in [-0.15, -0.1) is 12.4 Å². The van der Waals surface area contributed by atoms with Gasteiger partial charge >= 0.3 is 12.2 Å². The first-order valence-electron chi connectivity index (χ1n) is 25.5. The van der Waals surface area contributed by atoms with Crippen LogP contribution in [0.4, 0.5) is 22.8 Å². The molecule has 5 amide bonds. The number of halogens is 4. The van der Waals surface area contributed by atoms with Crippen molar-refractivity contribution in [2.75, 3.05) is 65.4 Å². The lowest BCUT2D eigenvalue weighted by Gasteiger charge is -2.28. The summed E-state index contributed by atoms with van der Waals surface area (Å²) in [7, 11) is 0. The number of carbonyl (C=O) groups excluding carboxylic acids is 5. The Hall–Kier alpha value is -6.35. The van der Waals surface area contributed by atoms with Crippen LogP contribution in [0, 0.1) is 17.5 Å². The van der Waals surface area contributed by atoms with Crippen LogP contribution in [-0.2, 0) is 14.4 Å². The summed E-state index contributed by atoms with van der Waals surface area (Å²) < 4.78 is 51.3. The van der Waals surface area contributed by atoms with Crippen molar-refractivity contribution in [3.05, 3.63) is 103 Å². The number of benzene rings is 3. The molecule has 3 aromatic rings. The number of hydrogen-bond acceptors (Lipinski definition) is 17. The van der Waals surface area contributed by atoms with Gasteiger partial charge in [-0.05, 0) is 154 Å². The Morgan fingerprint density at radius 1 is 0.487 bits per heavy atom. The third-order valence-corrected chi connectivity index (χ3v) is 15.8. The van der Waals surface area contributed by atoms with Gasteiger partial charge in [0.25, 0.3) is 17.7 Å². The maximum Gasteiger partial charge on any atom is 0.415 e. The number of likely N-dealkylation sites (tertiary alicyclic amines) is 2. The van der Waals surface area contributed by atoms with Crippen molar-refractivity contribution in [2.45, 2.75) is 64.2 Å². The lowest BCUT2D eigenvalue weighted by molar-refractivity contribution is -0.114. The number of nitrogens with zero attached hydrogens (tertiary/aromatic N) is 8. The summed E-state index contributed by atoms with van der Waals surface area (Å²) in [5, 5.41) is 17.1. The number of carbonyl (C=O) groups is 5. The molecule has 3 aromatic carbocycles. The van der Waals surface area contributed by atoms with Gasteiger partial charge in [-0.2, -0.15) is 15.0 Å². The quantitative estimate of drug-likeness (QED) is 0.176. The van der Waals surface area contributed by atoms with Gasteiger partial charge in [0, 0.05) is 100 Å². The number of aliphatic imine (C=N–C) groups is 3. The highest BCUT2D eigenvalue weighted by Crippen LogP contribution is 2.36. The van der Waals surface area contributed by atoms with Gasteiger partial charge in [0.2, 0.25) is 0 Å². The number of rotatable bonds is 5. The second-order valence-electron chi connectivity index (χ2n) is 18.4. The van der Waals surface area contributed by atoms with E-state index in [0.717, 1.165) is 110 Å². The van der Waals surface area contributed by atoms with E-state index in [4.69, 9.17) is 9.47 Å². The Morgan fingerprint density at radius 3 is 1.14 bits per heavy atom. The first-order chi connectivity index (χ1) is 37.3. The van der Waals surface area contributed by atoms with Crippen LogP contribution < -0.4 is 25.8 Å². The number of amides is 5. The van der Waals surface area contributed by atoms with Gasteiger partial charge in [0.1, 0.15) is 34.7 Å². The summed E-state index contributed by atoms with van der Waals surface area (Å²) in [5.41, 5.74) is 11.0.